The van der Waals surface area contributed by atoms with Crippen molar-refractivity contribution in [3.63, 3.8) is 0 Å². The summed E-state index contributed by atoms with van der Waals surface area (Å²) in [6.07, 6.45) is 6.95. The highest BCUT2D eigenvalue weighted by Crippen LogP contribution is 2.12. The third kappa shape index (κ3) is 15.1. The third-order valence-electron chi connectivity index (χ3n) is 7.75. The van der Waals surface area contributed by atoms with Gasteiger partial charge in [0.15, 0.2) is 0 Å². The molecule has 0 aliphatic carbocycles. The highest BCUT2D eigenvalue weighted by atomic mass is 14.9. The number of hydrogen-bond acceptors (Lipinski definition) is 6. The maximum absolute atomic E-state index is 3.68. The van der Waals surface area contributed by atoms with Gasteiger partial charge in [-0.3, -0.25) is 0 Å². The maximum Gasteiger partial charge on any atom is 0.0340 e. The van der Waals surface area contributed by atoms with Crippen LogP contribution in [0.5, 0.6) is 0 Å². The van der Waals surface area contributed by atoms with Gasteiger partial charge in [-0.1, -0.05) is 72.8 Å². The lowest BCUT2D eigenvalue weighted by Crippen LogP contribution is -2.19. The number of hydrogen-bond donors (Lipinski definition) is 6. The average Bonchev–Trinajstić information content (AvgIpc) is 3.08. The standard InChI is InChI=1S/C39H54N6/c1-4-16-37(17-5-1)43-25-13-10-22-40-31-34-28-35(32-41-23-11-14-26-44-38-18-6-2-7-19-38)30-36(29-34)33-42-24-12-15-27-45-39-20-8-3-9-21-39/h1-9,16-21,28-30,40-45H,10-15,22-27,31-33H2. The van der Waals surface area contributed by atoms with E-state index in [2.05, 4.69) is 141 Å². The molecule has 6 heteroatoms. The van der Waals surface area contributed by atoms with E-state index in [1.807, 2.05) is 0 Å². The van der Waals surface area contributed by atoms with Crippen LogP contribution in [-0.2, 0) is 19.6 Å². The molecule has 0 atom stereocenters. The Bertz CT molecular complexity index is 1110. The van der Waals surface area contributed by atoms with Crippen molar-refractivity contribution in [1.29, 1.82) is 0 Å². The van der Waals surface area contributed by atoms with Crippen molar-refractivity contribution in [2.45, 2.75) is 58.2 Å². The van der Waals surface area contributed by atoms with E-state index < -0.39 is 0 Å². The van der Waals surface area contributed by atoms with Crippen LogP contribution in [0.3, 0.4) is 0 Å². The fraction of sp³-hybridized carbons (Fsp3) is 0.385. The molecule has 6 nitrogen and oxygen atoms in total. The second kappa shape index (κ2) is 21.8. The normalized spacial score (nSPS) is 10.9. The van der Waals surface area contributed by atoms with Crippen LogP contribution in [0.25, 0.3) is 0 Å². The van der Waals surface area contributed by atoms with Crippen LogP contribution in [0.4, 0.5) is 17.1 Å². The van der Waals surface area contributed by atoms with Crippen LogP contribution in [0.1, 0.15) is 55.2 Å². The van der Waals surface area contributed by atoms with E-state index in [0.29, 0.717) is 0 Å². The smallest absolute Gasteiger partial charge is 0.0340 e. The summed E-state index contributed by atoms with van der Waals surface area (Å²) >= 11 is 0. The Hall–Kier alpha value is -3.84. The van der Waals surface area contributed by atoms with Gasteiger partial charge < -0.3 is 31.9 Å². The number of benzene rings is 4. The first-order valence-corrected chi connectivity index (χ1v) is 17.0. The summed E-state index contributed by atoms with van der Waals surface area (Å²) in [6, 6.07) is 38.5. The Balaban J connectivity index is 1.14. The number of rotatable bonds is 24. The van der Waals surface area contributed by atoms with Gasteiger partial charge in [-0.15, -0.1) is 0 Å². The van der Waals surface area contributed by atoms with Crippen molar-refractivity contribution >= 4 is 17.1 Å². The van der Waals surface area contributed by atoms with Crippen LogP contribution in [0.2, 0.25) is 0 Å². The lowest BCUT2D eigenvalue weighted by Gasteiger charge is -2.13. The summed E-state index contributed by atoms with van der Waals surface area (Å²) in [5.41, 5.74) is 7.70. The van der Waals surface area contributed by atoms with E-state index in [9.17, 15) is 0 Å². The van der Waals surface area contributed by atoms with Crippen molar-refractivity contribution in [3.8, 4) is 0 Å². The molecule has 0 radical (unpaired) electrons. The van der Waals surface area contributed by atoms with Gasteiger partial charge in [0.1, 0.15) is 0 Å². The molecule has 0 amide bonds. The highest BCUT2D eigenvalue weighted by molar-refractivity contribution is 5.43. The van der Waals surface area contributed by atoms with Crippen LogP contribution in [0, 0.1) is 0 Å². The summed E-state index contributed by atoms with van der Waals surface area (Å²) in [7, 11) is 0. The molecule has 0 unspecified atom stereocenters. The summed E-state index contributed by atoms with van der Waals surface area (Å²) in [6.45, 7) is 8.82. The molecule has 0 aromatic heterocycles. The average molecular weight is 607 g/mol. The van der Waals surface area contributed by atoms with Crippen LogP contribution >= 0.6 is 0 Å². The van der Waals surface area contributed by atoms with Crippen molar-refractivity contribution < 1.29 is 0 Å². The number of nitrogens with one attached hydrogen (secondary N) is 6. The predicted octanol–water partition coefficient (Wildman–Crippen LogP) is 7.63. The topological polar surface area (TPSA) is 72.2 Å². The van der Waals surface area contributed by atoms with Crippen molar-refractivity contribution in [2.24, 2.45) is 0 Å². The molecule has 0 saturated carbocycles. The number of para-hydroxylation sites is 3. The Morgan fingerprint density at radius 3 is 0.867 bits per heavy atom. The molecule has 0 aliphatic rings. The molecule has 6 N–H and O–H groups in total. The zero-order chi connectivity index (χ0) is 31.0. The summed E-state index contributed by atoms with van der Waals surface area (Å²) in [4.78, 5) is 0. The zero-order valence-corrected chi connectivity index (χ0v) is 27.0. The molecule has 0 saturated heterocycles. The van der Waals surface area contributed by atoms with Gasteiger partial charge in [-0.05, 0) is 111 Å². The Morgan fingerprint density at radius 2 is 0.578 bits per heavy atom. The van der Waals surface area contributed by atoms with Crippen LogP contribution in [-0.4, -0.2) is 39.3 Å². The summed E-state index contributed by atoms with van der Waals surface area (Å²) < 4.78 is 0. The molecule has 45 heavy (non-hydrogen) atoms. The van der Waals surface area contributed by atoms with Gasteiger partial charge in [0.25, 0.3) is 0 Å². The van der Waals surface area contributed by atoms with Crippen LogP contribution < -0.4 is 31.9 Å². The predicted molar refractivity (Wildman–Crippen MR) is 194 cm³/mol. The molecule has 4 aromatic carbocycles. The Labute approximate surface area is 271 Å². The SMILES string of the molecule is c1ccc(NCCCCNCc2cc(CNCCCCNc3ccccc3)cc(CNCCCCNc3ccccc3)c2)cc1. The Kier molecular flexibility index (Phi) is 16.5. The lowest BCUT2D eigenvalue weighted by molar-refractivity contribution is 0.618. The van der Waals surface area contributed by atoms with Crippen molar-refractivity contribution in [3.05, 3.63) is 126 Å². The quantitative estimate of drug-likeness (QED) is 0.0461. The van der Waals surface area contributed by atoms with E-state index in [1.54, 1.807) is 0 Å². The monoisotopic (exact) mass is 606 g/mol. The minimum Gasteiger partial charge on any atom is -0.385 e. The minimum absolute atomic E-state index is 0.906. The molecule has 240 valence electrons. The molecule has 0 fully saturated rings. The van der Waals surface area contributed by atoms with Gasteiger partial charge in [0.05, 0.1) is 0 Å². The van der Waals surface area contributed by atoms with Gasteiger partial charge >= 0.3 is 0 Å². The maximum atomic E-state index is 3.68. The van der Waals surface area contributed by atoms with Gasteiger partial charge in [0.2, 0.25) is 0 Å². The number of anilines is 3. The zero-order valence-electron chi connectivity index (χ0n) is 27.0. The summed E-state index contributed by atoms with van der Waals surface area (Å²) in [5, 5.41) is 21.6. The lowest BCUT2D eigenvalue weighted by atomic mass is 10.0. The van der Waals surface area contributed by atoms with E-state index >= 15 is 0 Å². The van der Waals surface area contributed by atoms with E-state index in [-0.39, 0.29) is 0 Å². The van der Waals surface area contributed by atoms with Crippen LogP contribution in [0.15, 0.2) is 109 Å². The Morgan fingerprint density at radius 1 is 0.311 bits per heavy atom. The first kappa shape index (κ1) is 34.0. The van der Waals surface area contributed by atoms with Gasteiger partial charge in [-0.25, -0.2) is 0 Å². The first-order chi connectivity index (χ1) is 22.3. The van der Waals surface area contributed by atoms with Crippen molar-refractivity contribution in [2.75, 3.05) is 55.2 Å². The minimum atomic E-state index is 0.906. The largest absolute Gasteiger partial charge is 0.385 e. The molecule has 0 aliphatic heterocycles. The molecule has 4 rings (SSSR count). The second-order valence-corrected chi connectivity index (χ2v) is 11.7. The first-order valence-electron chi connectivity index (χ1n) is 17.0. The second-order valence-electron chi connectivity index (χ2n) is 11.7. The molecule has 0 spiro atoms. The van der Waals surface area contributed by atoms with Crippen molar-refractivity contribution in [1.82, 2.24) is 16.0 Å². The van der Waals surface area contributed by atoms with E-state index in [0.717, 1.165) is 97.4 Å². The molecule has 4 aromatic rings. The molecule has 0 bridgehead atoms. The molecular formula is C39H54N6. The van der Waals surface area contributed by atoms with Gasteiger partial charge in [0, 0.05) is 56.3 Å². The third-order valence-corrected chi connectivity index (χ3v) is 7.75. The highest BCUT2D eigenvalue weighted by Gasteiger charge is 2.03. The van der Waals surface area contributed by atoms with E-state index in [1.165, 1.54) is 33.8 Å². The molecular weight excluding hydrogens is 552 g/mol. The fourth-order valence-corrected chi connectivity index (χ4v) is 5.33. The van der Waals surface area contributed by atoms with E-state index in [4.69, 9.17) is 0 Å². The van der Waals surface area contributed by atoms with Gasteiger partial charge in [-0.2, -0.15) is 0 Å². The summed E-state index contributed by atoms with van der Waals surface area (Å²) in [5.74, 6) is 0. The fourth-order valence-electron chi connectivity index (χ4n) is 5.33. The molecule has 0 heterocycles. The number of unbranched alkanes of at least 4 members (excludes halogenated alkanes) is 3.